The molecule has 0 N–H and O–H groups in total. The van der Waals surface area contributed by atoms with Crippen molar-refractivity contribution in [2.24, 2.45) is 0 Å². The standard InChI is InChI=1S/C26H21Cl/c1-19-5-12-23(13-6-19)26(24-14-7-20(2)8-15-24)18-21(3)4-9-22-10-16-25(27)17-11-22/h5-8,10-18H,3H2,1-2H3. The van der Waals surface area contributed by atoms with Crippen molar-refractivity contribution in [2.45, 2.75) is 13.8 Å². The first-order valence-electron chi connectivity index (χ1n) is 8.83. The number of aryl methyl sites for hydroxylation is 2. The van der Waals surface area contributed by atoms with E-state index in [0.717, 1.165) is 27.8 Å². The Morgan fingerprint density at radius 1 is 0.778 bits per heavy atom. The van der Waals surface area contributed by atoms with Crippen molar-refractivity contribution in [3.8, 4) is 11.8 Å². The van der Waals surface area contributed by atoms with Crippen LogP contribution in [0.4, 0.5) is 0 Å². The lowest BCUT2D eigenvalue weighted by Crippen LogP contribution is -1.90. The summed E-state index contributed by atoms with van der Waals surface area (Å²) in [5, 5.41) is 0.709. The van der Waals surface area contributed by atoms with Gasteiger partial charge in [0.05, 0.1) is 0 Å². The lowest BCUT2D eigenvalue weighted by atomic mass is 9.94. The van der Waals surface area contributed by atoms with Crippen molar-refractivity contribution in [3.63, 3.8) is 0 Å². The summed E-state index contributed by atoms with van der Waals surface area (Å²) >= 11 is 5.93. The second-order valence-corrected chi connectivity index (χ2v) is 7.01. The van der Waals surface area contributed by atoms with E-state index in [1.54, 1.807) is 0 Å². The van der Waals surface area contributed by atoms with E-state index in [-0.39, 0.29) is 0 Å². The molecule has 3 aromatic rings. The second kappa shape index (κ2) is 8.58. The Bertz CT molecular complexity index is 975. The van der Waals surface area contributed by atoms with E-state index in [2.05, 4.69) is 86.9 Å². The molecule has 1 heteroatoms. The topological polar surface area (TPSA) is 0 Å². The van der Waals surface area contributed by atoms with Crippen LogP contribution >= 0.6 is 11.6 Å². The minimum Gasteiger partial charge on any atom is -0.0843 e. The third-order valence-electron chi connectivity index (χ3n) is 4.26. The van der Waals surface area contributed by atoms with Gasteiger partial charge in [-0.2, -0.15) is 0 Å². The van der Waals surface area contributed by atoms with Crippen molar-refractivity contribution < 1.29 is 0 Å². The lowest BCUT2D eigenvalue weighted by Gasteiger charge is -2.10. The Balaban J connectivity index is 1.96. The monoisotopic (exact) mass is 368 g/mol. The molecular weight excluding hydrogens is 348 g/mol. The predicted octanol–water partition coefficient (Wildman–Crippen LogP) is 7.00. The maximum absolute atomic E-state index is 5.93. The molecule has 0 amide bonds. The molecule has 3 aromatic carbocycles. The van der Waals surface area contributed by atoms with Crippen LogP contribution in [0.25, 0.3) is 5.57 Å². The first-order valence-corrected chi connectivity index (χ1v) is 9.21. The average Bonchev–Trinajstić information content (AvgIpc) is 2.67. The summed E-state index contributed by atoms with van der Waals surface area (Å²) in [5.74, 6) is 6.29. The summed E-state index contributed by atoms with van der Waals surface area (Å²) in [6, 6.07) is 24.6. The normalized spacial score (nSPS) is 9.89. The van der Waals surface area contributed by atoms with E-state index < -0.39 is 0 Å². The summed E-state index contributed by atoms with van der Waals surface area (Å²) in [6.07, 6.45) is 2.05. The fraction of sp³-hybridized carbons (Fsp3) is 0.0769. The van der Waals surface area contributed by atoms with Gasteiger partial charge in [-0.25, -0.2) is 0 Å². The molecule has 0 nitrogen and oxygen atoms in total. The fourth-order valence-electron chi connectivity index (χ4n) is 2.70. The Labute approximate surface area is 166 Å². The molecule has 0 spiro atoms. The highest BCUT2D eigenvalue weighted by Gasteiger charge is 2.05. The number of benzene rings is 3. The number of hydrogen-bond acceptors (Lipinski definition) is 0. The molecular formula is C26H21Cl. The fourth-order valence-corrected chi connectivity index (χ4v) is 2.82. The van der Waals surface area contributed by atoms with Crippen LogP contribution in [0.3, 0.4) is 0 Å². The number of hydrogen-bond donors (Lipinski definition) is 0. The van der Waals surface area contributed by atoms with E-state index >= 15 is 0 Å². The second-order valence-electron chi connectivity index (χ2n) is 6.57. The van der Waals surface area contributed by atoms with Crippen molar-refractivity contribution >= 4 is 17.2 Å². The third kappa shape index (κ3) is 5.23. The maximum atomic E-state index is 5.93. The van der Waals surface area contributed by atoms with Gasteiger partial charge in [0.25, 0.3) is 0 Å². The van der Waals surface area contributed by atoms with Gasteiger partial charge in [-0.15, -0.1) is 0 Å². The minimum atomic E-state index is 0.709. The molecule has 0 saturated carbocycles. The SMILES string of the molecule is C=C(C#Cc1ccc(Cl)cc1)C=C(c1ccc(C)cc1)c1ccc(C)cc1. The Kier molecular flexibility index (Phi) is 5.97. The molecule has 0 saturated heterocycles. The van der Waals surface area contributed by atoms with Gasteiger partial charge in [0.2, 0.25) is 0 Å². The summed E-state index contributed by atoms with van der Waals surface area (Å²) in [6.45, 7) is 8.32. The zero-order chi connectivity index (χ0) is 19.2. The van der Waals surface area contributed by atoms with E-state index in [1.807, 2.05) is 24.3 Å². The zero-order valence-electron chi connectivity index (χ0n) is 15.6. The van der Waals surface area contributed by atoms with Gasteiger partial charge in [-0.3, -0.25) is 0 Å². The molecule has 132 valence electrons. The first kappa shape index (κ1) is 18.8. The summed E-state index contributed by atoms with van der Waals surface area (Å²) < 4.78 is 0. The Morgan fingerprint density at radius 3 is 1.74 bits per heavy atom. The van der Waals surface area contributed by atoms with Gasteiger partial charge >= 0.3 is 0 Å². The van der Waals surface area contributed by atoms with Crippen molar-refractivity contribution in [2.75, 3.05) is 0 Å². The molecule has 0 aliphatic carbocycles. The van der Waals surface area contributed by atoms with Crippen LogP contribution in [0.15, 0.2) is 91.0 Å². The Morgan fingerprint density at radius 2 is 1.26 bits per heavy atom. The Hall–Kier alpha value is -3.01. The van der Waals surface area contributed by atoms with E-state index in [4.69, 9.17) is 11.6 Å². The smallest absolute Gasteiger partial charge is 0.0406 e. The van der Waals surface area contributed by atoms with Crippen LogP contribution in [0.5, 0.6) is 0 Å². The van der Waals surface area contributed by atoms with Crippen LogP contribution in [-0.2, 0) is 0 Å². The van der Waals surface area contributed by atoms with E-state index in [1.165, 1.54) is 11.1 Å². The zero-order valence-corrected chi connectivity index (χ0v) is 16.3. The predicted molar refractivity (Wildman–Crippen MR) is 117 cm³/mol. The van der Waals surface area contributed by atoms with Crippen LogP contribution in [-0.4, -0.2) is 0 Å². The highest BCUT2D eigenvalue weighted by atomic mass is 35.5. The number of halogens is 1. The molecule has 0 bridgehead atoms. The molecule has 0 fully saturated rings. The van der Waals surface area contributed by atoms with Gasteiger partial charge in [-0.05, 0) is 60.9 Å². The van der Waals surface area contributed by atoms with Crippen LogP contribution in [0.2, 0.25) is 5.02 Å². The highest BCUT2D eigenvalue weighted by molar-refractivity contribution is 6.30. The van der Waals surface area contributed by atoms with Crippen molar-refractivity contribution in [1.82, 2.24) is 0 Å². The highest BCUT2D eigenvalue weighted by Crippen LogP contribution is 2.25. The maximum Gasteiger partial charge on any atom is 0.0406 e. The molecule has 0 aliphatic rings. The van der Waals surface area contributed by atoms with Gasteiger partial charge in [-0.1, -0.05) is 89.7 Å². The quantitative estimate of drug-likeness (QED) is 0.345. The third-order valence-corrected chi connectivity index (χ3v) is 4.51. The number of rotatable bonds is 3. The molecule has 27 heavy (non-hydrogen) atoms. The molecule has 0 radical (unpaired) electrons. The minimum absolute atomic E-state index is 0.709. The molecule has 0 heterocycles. The molecule has 0 aliphatic heterocycles. The van der Waals surface area contributed by atoms with Crippen molar-refractivity contribution in [3.05, 3.63) is 124 Å². The van der Waals surface area contributed by atoms with Gasteiger partial charge in [0, 0.05) is 16.2 Å². The summed E-state index contributed by atoms with van der Waals surface area (Å²) in [4.78, 5) is 0. The van der Waals surface area contributed by atoms with Crippen molar-refractivity contribution in [1.29, 1.82) is 0 Å². The van der Waals surface area contributed by atoms with E-state index in [9.17, 15) is 0 Å². The summed E-state index contributed by atoms with van der Waals surface area (Å²) in [7, 11) is 0. The lowest BCUT2D eigenvalue weighted by molar-refractivity contribution is 1.42. The van der Waals surface area contributed by atoms with Crippen LogP contribution in [0, 0.1) is 25.7 Å². The molecule has 0 atom stereocenters. The van der Waals surface area contributed by atoms with Crippen LogP contribution < -0.4 is 0 Å². The van der Waals surface area contributed by atoms with Gasteiger partial charge in [0.1, 0.15) is 0 Å². The van der Waals surface area contributed by atoms with E-state index in [0.29, 0.717) is 5.02 Å². The first-order chi connectivity index (χ1) is 13.0. The number of allylic oxidation sites excluding steroid dienone is 2. The molecule has 0 aromatic heterocycles. The van der Waals surface area contributed by atoms with Crippen LogP contribution in [0.1, 0.15) is 27.8 Å². The van der Waals surface area contributed by atoms with Gasteiger partial charge in [0.15, 0.2) is 0 Å². The van der Waals surface area contributed by atoms with Gasteiger partial charge < -0.3 is 0 Å². The largest absolute Gasteiger partial charge is 0.0843 e. The molecule has 3 rings (SSSR count). The average molecular weight is 369 g/mol. The summed E-state index contributed by atoms with van der Waals surface area (Å²) in [5.41, 5.74) is 7.58. The molecule has 0 unspecified atom stereocenters.